The minimum absolute atomic E-state index is 0.192. The number of anilines is 1. The smallest absolute Gasteiger partial charge is 0.237 e. The number of halogens is 1. The molecule has 0 aliphatic carbocycles. The van der Waals surface area contributed by atoms with Crippen molar-refractivity contribution in [3.05, 3.63) is 53.8 Å². The second kappa shape index (κ2) is 9.18. The Hall–Kier alpha value is -2.73. The molecule has 1 unspecified atom stereocenters. The summed E-state index contributed by atoms with van der Waals surface area (Å²) in [5.74, 6) is -0.241. The fourth-order valence-electron chi connectivity index (χ4n) is 3.86. The molecule has 1 saturated heterocycles. The van der Waals surface area contributed by atoms with Gasteiger partial charge in [-0.05, 0) is 74.3 Å². The molecule has 2 aromatic rings. The van der Waals surface area contributed by atoms with Crippen LogP contribution in [0.25, 0.3) is 0 Å². The monoisotopic (exact) mass is 395 g/mol. The number of rotatable bonds is 7. The van der Waals surface area contributed by atoms with E-state index in [4.69, 9.17) is 4.74 Å². The lowest BCUT2D eigenvalue weighted by atomic mass is 10.0. The van der Waals surface area contributed by atoms with E-state index in [0.29, 0.717) is 12.3 Å². The quantitative estimate of drug-likeness (QED) is 0.554. The minimum atomic E-state index is -0.503. The van der Waals surface area contributed by atoms with Crippen LogP contribution >= 0.6 is 0 Å². The molecule has 0 spiro atoms. The number of piperidine rings is 1. The first-order chi connectivity index (χ1) is 14.2. The summed E-state index contributed by atoms with van der Waals surface area (Å²) in [4.78, 5) is 19.1. The van der Waals surface area contributed by atoms with Gasteiger partial charge in [0.15, 0.2) is 0 Å². The summed E-state index contributed by atoms with van der Waals surface area (Å²) < 4.78 is 19.1. The van der Waals surface area contributed by atoms with Crippen LogP contribution in [0.5, 0.6) is 5.75 Å². The van der Waals surface area contributed by atoms with Gasteiger partial charge in [0.1, 0.15) is 17.5 Å². The third-order valence-corrected chi connectivity index (χ3v) is 5.44. The summed E-state index contributed by atoms with van der Waals surface area (Å²) in [6, 6.07) is 11.8. The van der Waals surface area contributed by atoms with Gasteiger partial charge < -0.3 is 15.0 Å². The van der Waals surface area contributed by atoms with Crippen LogP contribution in [0.3, 0.4) is 0 Å². The number of ether oxygens (including phenoxy) is 1. The maximum Gasteiger partial charge on any atom is 0.237 e. The number of hydrogen-bond donors (Lipinski definition) is 1. The van der Waals surface area contributed by atoms with E-state index in [2.05, 4.69) is 15.2 Å². The van der Waals surface area contributed by atoms with Crippen molar-refractivity contribution in [2.45, 2.75) is 31.6 Å². The Morgan fingerprint density at radius 2 is 1.93 bits per heavy atom. The molecule has 2 aromatic carbocycles. The maximum atomic E-state index is 13.3. The first kappa shape index (κ1) is 19.6. The molecule has 29 heavy (non-hydrogen) atoms. The van der Waals surface area contributed by atoms with E-state index in [1.807, 2.05) is 24.3 Å². The van der Waals surface area contributed by atoms with Crippen molar-refractivity contribution in [3.8, 4) is 5.75 Å². The normalized spacial score (nSPS) is 19.3. The van der Waals surface area contributed by atoms with Crippen molar-refractivity contribution < 1.29 is 13.9 Å². The third-order valence-electron chi connectivity index (χ3n) is 5.44. The highest BCUT2D eigenvalue weighted by Crippen LogP contribution is 2.32. The van der Waals surface area contributed by atoms with Crippen LogP contribution in [-0.4, -0.2) is 43.3 Å². The van der Waals surface area contributed by atoms with E-state index < -0.39 is 5.92 Å². The Balaban J connectivity index is 1.28. The van der Waals surface area contributed by atoms with Crippen LogP contribution in [0, 0.1) is 5.82 Å². The Morgan fingerprint density at radius 1 is 1.14 bits per heavy atom. The van der Waals surface area contributed by atoms with Gasteiger partial charge in [-0.15, -0.1) is 0 Å². The minimum Gasteiger partial charge on any atom is -0.494 e. The van der Waals surface area contributed by atoms with Crippen molar-refractivity contribution in [3.63, 3.8) is 0 Å². The van der Waals surface area contributed by atoms with Crippen LogP contribution in [0.2, 0.25) is 0 Å². The van der Waals surface area contributed by atoms with E-state index in [9.17, 15) is 9.18 Å². The molecule has 0 aromatic heterocycles. The van der Waals surface area contributed by atoms with Crippen molar-refractivity contribution in [2.75, 3.05) is 31.6 Å². The zero-order valence-electron chi connectivity index (χ0n) is 16.4. The molecule has 0 radical (unpaired) electrons. The molecule has 1 fully saturated rings. The summed E-state index contributed by atoms with van der Waals surface area (Å²) >= 11 is 0. The first-order valence-electron chi connectivity index (χ1n) is 10.3. The van der Waals surface area contributed by atoms with Gasteiger partial charge in [0.05, 0.1) is 12.3 Å². The van der Waals surface area contributed by atoms with Crippen molar-refractivity contribution in [2.24, 2.45) is 4.99 Å². The maximum absolute atomic E-state index is 13.3. The number of nitrogens with one attached hydrogen (secondary N) is 1. The zero-order valence-corrected chi connectivity index (χ0v) is 16.4. The molecule has 1 amide bonds. The molecule has 152 valence electrons. The van der Waals surface area contributed by atoms with Gasteiger partial charge in [0.2, 0.25) is 5.91 Å². The highest BCUT2D eigenvalue weighted by molar-refractivity contribution is 6.12. The Morgan fingerprint density at radius 3 is 2.72 bits per heavy atom. The number of likely N-dealkylation sites (tertiary alicyclic amines) is 1. The van der Waals surface area contributed by atoms with Gasteiger partial charge in [0, 0.05) is 18.4 Å². The van der Waals surface area contributed by atoms with E-state index >= 15 is 0 Å². The summed E-state index contributed by atoms with van der Waals surface area (Å²) in [6.45, 7) is 4.22. The summed E-state index contributed by atoms with van der Waals surface area (Å²) in [5.41, 5.74) is 2.00. The molecule has 0 saturated carbocycles. The third kappa shape index (κ3) is 5.01. The molecule has 5 nitrogen and oxygen atoms in total. The summed E-state index contributed by atoms with van der Waals surface area (Å²) in [6.07, 6.45) is 6.62. The van der Waals surface area contributed by atoms with Gasteiger partial charge >= 0.3 is 0 Å². The topological polar surface area (TPSA) is 53.9 Å². The van der Waals surface area contributed by atoms with Crippen molar-refractivity contribution in [1.29, 1.82) is 0 Å². The van der Waals surface area contributed by atoms with E-state index in [1.54, 1.807) is 12.3 Å². The van der Waals surface area contributed by atoms with Crippen molar-refractivity contribution in [1.82, 2.24) is 4.90 Å². The molecule has 2 heterocycles. The van der Waals surface area contributed by atoms with Crippen LogP contribution in [-0.2, 0) is 4.79 Å². The molecule has 2 aliphatic heterocycles. The Labute approximate surface area is 170 Å². The molecule has 0 bridgehead atoms. The molecule has 4 rings (SSSR count). The molecule has 1 N–H and O–H groups in total. The number of amides is 1. The van der Waals surface area contributed by atoms with Crippen molar-refractivity contribution >= 4 is 23.5 Å². The number of benzene rings is 2. The second-order valence-corrected chi connectivity index (χ2v) is 7.57. The SMILES string of the molecule is O=C1Nc2cc(F)ccc2C1C=Nc1ccc(OCCCN2CCCCC2)cc1. The van der Waals surface area contributed by atoms with E-state index in [1.165, 1.54) is 44.5 Å². The molecule has 6 heteroatoms. The predicted molar refractivity (Wildman–Crippen MR) is 113 cm³/mol. The number of nitrogens with zero attached hydrogens (tertiary/aromatic N) is 2. The lowest BCUT2D eigenvalue weighted by molar-refractivity contribution is -0.115. The van der Waals surface area contributed by atoms with Crippen LogP contribution in [0.4, 0.5) is 15.8 Å². The highest BCUT2D eigenvalue weighted by atomic mass is 19.1. The fourth-order valence-corrected chi connectivity index (χ4v) is 3.86. The molecule has 2 aliphatic rings. The average Bonchev–Trinajstić information content (AvgIpc) is 3.05. The Bertz CT molecular complexity index is 876. The molecular formula is C23H26FN3O2. The Kier molecular flexibility index (Phi) is 6.20. The summed E-state index contributed by atoms with van der Waals surface area (Å²) in [5, 5.41) is 2.69. The van der Waals surface area contributed by atoms with Crippen LogP contribution in [0.1, 0.15) is 37.2 Å². The second-order valence-electron chi connectivity index (χ2n) is 7.57. The van der Waals surface area contributed by atoms with Gasteiger partial charge in [-0.25, -0.2) is 4.39 Å². The van der Waals surface area contributed by atoms with Crippen LogP contribution < -0.4 is 10.1 Å². The number of hydrogen-bond acceptors (Lipinski definition) is 4. The number of fused-ring (bicyclic) bond motifs is 1. The number of aliphatic imine (C=N–C) groups is 1. The zero-order chi connectivity index (χ0) is 20.1. The predicted octanol–water partition coefficient (Wildman–Crippen LogP) is 4.52. The van der Waals surface area contributed by atoms with Gasteiger partial charge in [-0.1, -0.05) is 12.5 Å². The standard InChI is InChI=1S/C23H26FN3O2/c24-17-5-10-20-21(23(28)26-22(20)15-17)16-25-18-6-8-19(9-7-18)29-14-4-13-27-11-2-1-3-12-27/h5-10,15-16,21H,1-4,11-14H2,(H,26,28). The van der Waals surface area contributed by atoms with Gasteiger partial charge in [-0.3, -0.25) is 9.79 Å². The average molecular weight is 395 g/mol. The van der Waals surface area contributed by atoms with Crippen LogP contribution in [0.15, 0.2) is 47.5 Å². The van der Waals surface area contributed by atoms with E-state index in [-0.39, 0.29) is 11.7 Å². The van der Waals surface area contributed by atoms with Gasteiger partial charge in [0.25, 0.3) is 0 Å². The number of carbonyl (C=O) groups is 1. The highest BCUT2D eigenvalue weighted by Gasteiger charge is 2.29. The lowest BCUT2D eigenvalue weighted by Crippen LogP contribution is -2.31. The first-order valence-corrected chi connectivity index (χ1v) is 10.3. The van der Waals surface area contributed by atoms with Gasteiger partial charge in [-0.2, -0.15) is 0 Å². The molecular weight excluding hydrogens is 369 g/mol. The lowest BCUT2D eigenvalue weighted by Gasteiger charge is -2.26. The fraction of sp³-hybridized carbons (Fsp3) is 0.391. The van der Waals surface area contributed by atoms with E-state index in [0.717, 1.165) is 30.0 Å². The largest absolute Gasteiger partial charge is 0.494 e. The number of carbonyl (C=O) groups excluding carboxylic acids is 1. The molecule has 1 atom stereocenters. The summed E-state index contributed by atoms with van der Waals surface area (Å²) in [7, 11) is 0.